The summed E-state index contributed by atoms with van der Waals surface area (Å²) >= 11 is 6.07. The molecule has 6 nitrogen and oxygen atoms in total. The summed E-state index contributed by atoms with van der Waals surface area (Å²) in [7, 11) is 0. The second-order valence-corrected chi connectivity index (χ2v) is 5.61. The molecule has 2 fully saturated rings. The normalized spacial score (nSPS) is 39.6. The van der Waals surface area contributed by atoms with Gasteiger partial charge in [-0.25, -0.2) is 0 Å². The van der Waals surface area contributed by atoms with Crippen molar-refractivity contribution in [2.75, 3.05) is 11.9 Å². The van der Waals surface area contributed by atoms with E-state index in [1.165, 1.54) is 0 Å². The van der Waals surface area contributed by atoms with E-state index < -0.39 is 36.9 Å². The van der Waals surface area contributed by atoms with E-state index in [-0.39, 0.29) is 0 Å². The summed E-state index contributed by atoms with van der Waals surface area (Å²) in [6.07, 6.45) is -4.46. The van der Waals surface area contributed by atoms with E-state index in [9.17, 15) is 10.2 Å². The minimum Gasteiger partial charge on any atom is -0.387 e. The lowest BCUT2D eigenvalue weighted by atomic mass is 9.97. The average Bonchev–Trinajstić information content (AvgIpc) is 2.47. The summed E-state index contributed by atoms with van der Waals surface area (Å²) in [4.78, 5) is 0. The summed E-state index contributed by atoms with van der Waals surface area (Å²) in [5, 5.41) is 23.9. The fourth-order valence-corrected chi connectivity index (χ4v) is 2.77. The summed E-state index contributed by atoms with van der Waals surface area (Å²) in [5.41, 5.74) is 0.625. The highest BCUT2D eigenvalue weighted by molar-refractivity contribution is 6.33. The maximum atomic E-state index is 10.2. The maximum Gasteiger partial charge on any atom is 0.157 e. The number of nitrogens with one attached hydrogen (secondary N) is 1. The van der Waals surface area contributed by atoms with Gasteiger partial charge in [0.05, 0.1) is 17.3 Å². The molecule has 0 bridgehead atoms. The molecule has 0 radical (unpaired) electrons. The molecule has 3 rings (SSSR count). The summed E-state index contributed by atoms with van der Waals surface area (Å²) < 4.78 is 16.6. The quantitative estimate of drug-likeness (QED) is 0.754. The predicted octanol–water partition coefficient (Wildman–Crippen LogP) is 0.960. The van der Waals surface area contributed by atoms with Crippen molar-refractivity contribution in [1.29, 1.82) is 0 Å². The van der Waals surface area contributed by atoms with E-state index >= 15 is 0 Å². The SMILES string of the molecule is CC1OC[C@H]2O[C@@H](Nc3ccccc3Cl)[C@H](O)[C@@H](O)[C@@H]2O1. The molecule has 0 aliphatic carbocycles. The van der Waals surface area contributed by atoms with Gasteiger partial charge in [-0.05, 0) is 19.1 Å². The molecule has 2 aliphatic heterocycles. The van der Waals surface area contributed by atoms with E-state index in [4.69, 9.17) is 25.8 Å². The van der Waals surface area contributed by atoms with Crippen LogP contribution >= 0.6 is 11.6 Å². The molecule has 2 heterocycles. The molecular weight excluding hydrogens is 298 g/mol. The Labute approximate surface area is 127 Å². The van der Waals surface area contributed by atoms with Gasteiger partial charge in [0.1, 0.15) is 24.4 Å². The van der Waals surface area contributed by atoms with Crippen molar-refractivity contribution >= 4 is 17.3 Å². The van der Waals surface area contributed by atoms with Crippen LogP contribution < -0.4 is 5.32 Å². The maximum absolute atomic E-state index is 10.2. The molecule has 21 heavy (non-hydrogen) atoms. The van der Waals surface area contributed by atoms with Crippen LogP contribution in [-0.2, 0) is 14.2 Å². The Morgan fingerprint density at radius 3 is 2.71 bits per heavy atom. The number of hydrogen-bond acceptors (Lipinski definition) is 6. The second-order valence-electron chi connectivity index (χ2n) is 5.20. The third-order valence-corrected chi connectivity index (χ3v) is 4.03. The molecule has 2 aliphatic rings. The van der Waals surface area contributed by atoms with Gasteiger partial charge in [0, 0.05) is 0 Å². The van der Waals surface area contributed by atoms with Crippen molar-refractivity contribution in [2.24, 2.45) is 0 Å². The first-order valence-corrected chi connectivity index (χ1v) is 7.24. The van der Waals surface area contributed by atoms with Crippen molar-refractivity contribution in [3.05, 3.63) is 29.3 Å². The van der Waals surface area contributed by atoms with Gasteiger partial charge in [-0.3, -0.25) is 0 Å². The third kappa shape index (κ3) is 3.01. The van der Waals surface area contributed by atoms with E-state index in [1.807, 2.05) is 6.07 Å². The van der Waals surface area contributed by atoms with Crippen LogP contribution in [-0.4, -0.2) is 53.8 Å². The Hall–Kier alpha value is -0.890. The number of anilines is 1. The van der Waals surface area contributed by atoms with Gasteiger partial charge in [0.25, 0.3) is 0 Å². The fraction of sp³-hybridized carbons (Fsp3) is 0.571. The number of benzene rings is 1. The molecule has 6 atom stereocenters. The van der Waals surface area contributed by atoms with Crippen LogP contribution in [0, 0.1) is 0 Å². The molecule has 2 saturated heterocycles. The van der Waals surface area contributed by atoms with Crippen molar-refractivity contribution < 1.29 is 24.4 Å². The van der Waals surface area contributed by atoms with Gasteiger partial charge < -0.3 is 29.7 Å². The number of aliphatic hydroxyl groups is 2. The Morgan fingerprint density at radius 2 is 1.95 bits per heavy atom. The van der Waals surface area contributed by atoms with E-state index in [2.05, 4.69) is 5.32 Å². The van der Waals surface area contributed by atoms with Crippen LogP contribution in [0.1, 0.15) is 6.92 Å². The molecule has 1 unspecified atom stereocenters. The molecule has 0 saturated carbocycles. The first-order chi connectivity index (χ1) is 10.1. The Kier molecular flexibility index (Phi) is 4.35. The zero-order chi connectivity index (χ0) is 15.0. The average molecular weight is 316 g/mol. The van der Waals surface area contributed by atoms with Gasteiger partial charge >= 0.3 is 0 Å². The Morgan fingerprint density at radius 1 is 1.19 bits per heavy atom. The number of fused-ring (bicyclic) bond motifs is 1. The molecule has 0 spiro atoms. The fourth-order valence-electron chi connectivity index (χ4n) is 2.58. The zero-order valence-electron chi connectivity index (χ0n) is 11.5. The molecule has 1 aromatic rings. The highest BCUT2D eigenvalue weighted by atomic mass is 35.5. The summed E-state index contributed by atoms with van der Waals surface area (Å²) in [6.45, 7) is 2.04. The lowest BCUT2D eigenvalue weighted by molar-refractivity contribution is -0.317. The van der Waals surface area contributed by atoms with Crippen LogP contribution in [0.3, 0.4) is 0 Å². The van der Waals surface area contributed by atoms with Gasteiger partial charge in [-0.2, -0.15) is 0 Å². The number of rotatable bonds is 2. The first-order valence-electron chi connectivity index (χ1n) is 6.86. The van der Waals surface area contributed by atoms with E-state index in [1.54, 1.807) is 25.1 Å². The van der Waals surface area contributed by atoms with Crippen molar-refractivity contribution in [3.63, 3.8) is 0 Å². The number of para-hydroxylation sites is 1. The van der Waals surface area contributed by atoms with Crippen LogP contribution in [0.5, 0.6) is 0 Å². The third-order valence-electron chi connectivity index (χ3n) is 3.70. The largest absolute Gasteiger partial charge is 0.387 e. The highest BCUT2D eigenvalue weighted by Gasteiger charge is 2.48. The van der Waals surface area contributed by atoms with Crippen LogP contribution in [0.15, 0.2) is 24.3 Å². The van der Waals surface area contributed by atoms with E-state index in [0.29, 0.717) is 17.3 Å². The van der Waals surface area contributed by atoms with Crippen LogP contribution in [0.4, 0.5) is 5.69 Å². The number of hydrogen-bond donors (Lipinski definition) is 3. The molecule has 116 valence electrons. The number of aliphatic hydroxyl groups excluding tert-OH is 2. The Balaban J connectivity index is 1.74. The number of halogens is 1. The predicted molar refractivity (Wildman–Crippen MR) is 76.0 cm³/mol. The summed E-state index contributed by atoms with van der Waals surface area (Å²) in [6, 6.07) is 7.12. The topological polar surface area (TPSA) is 80.2 Å². The molecule has 0 amide bonds. The molecule has 7 heteroatoms. The van der Waals surface area contributed by atoms with Gasteiger partial charge in [-0.15, -0.1) is 0 Å². The number of ether oxygens (including phenoxy) is 3. The smallest absolute Gasteiger partial charge is 0.157 e. The standard InChI is InChI=1S/C14H18ClNO5/c1-7-19-6-10-13(20-7)11(17)12(18)14(21-10)16-9-5-3-2-4-8(9)15/h2-5,7,10-14,16-18H,6H2,1H3/t7?,10-,11-,12-,13-,14-/m1/s1. The second kappa shape index (κ2) is 6.08. The van der Waals surface area contributed by atoms with Crippen LogP contribution in [0.25, 0.3) is 0 Å². The van der Waals surface area contributed by atoms with Crippen molar-refractivity contribution in [3.8, 4) is 0 Å². The molecule has 3 N–H and O–H groups in total. The van der Waals surface area contributed by atoms with Crippen molar-refractivity contribution in [1.82, 2.24) is 0 Å². The molecular formula is C14H18ClNO5. The Bertz CT molecular complexity index is 500. The van der Waals surface area contributed by atoms with Gasteiger partial charge in [0.2, 0.25) is 0 Å². The monoisotopic (exact) mass is 315 g/mol. The van der Waals surface area contributed by atoms with Crippen molar-refractivity contribution in [2.45, 2.75) is 43.9 Å². The van der Waals surface area contributed by atoms with Gasteiger partial charge in [-0.1, -0.05) is 23.7 Å². The first kappa shape index (κ1) is 15.0. The minimum absolute atomic E-state index is 0.302. The highest BCUT2D eigenvalue weighted by Crippen LogP contribution is 2.30. The van der Waals surface area contributed by atoms with Gasteiger partial charge in [0.15, 0.2) is 12.5 Å². The van der Waals surface area contributed by atoms with E-state index in [0.717, 1.165) is 0 Å². The lowest BCUT2D eigenvalue weighted by Gasteiger charge is -2.46. The molecule has 0 aromatic heterocycles. The minimum atomic E-state index is -1.13. The molecule has 1 aromatic carbocycles. The lowest BCUT2D eigenvalue weighted by Crippen LogP contribution is -2.64. The summed E-state index contributed by atoms with van der Waals surface area (Å²) in [5.74, 6) is 0. The van der Waals surface area contributed by atoms with Crippen LogP contribution in [0.2, 0.25) is 5.02 Å². The zero-order valence-corrected chi connectivity index (χ0v) is 12.2.